The van der Waals surface area contributed by atoms with E-state index < -0.39 is 0 Å². The minimum atomic E-state index is -0.0502. The molecule has 3 nitrogen and oxygen atoms in total. The van der Waals surface area contributed by atoms with E-state index in [1.807, 2.05) is 55.6 Å². The molecule has 134 valence electrons. The maximum atomic E-state index is 13.1. The fourth-order valence-electron chi connectivity index (χ4n) is 3.44. The molecule has 0 heterocycles. The van der Waals surface area contributed by atoms with E-state index in [4.69, 9.17) is 4.74 Å². The van der Waals surface area contributed by atoms with Crippen LogP contribution in [-0.4, -0.2) is 25.0 Å². The highest BCUT2D eigenvalue weighted by Crippen LogP contribution is 2.27. The van der Waals surface area contributed by atoms with Gasteiger partial charge in [-0.05, 0) is 45.3 Å². The second kappa shape index (κ2) is 7.12. The van der Waals surface area contributed by atoms with Crippen LogP contribution in [0, 0.1) is 0 Å². The van der Waals surface area contributed by atoms with Crippen molar-refractivity contribution in [2.24, 2.45) is 0 Å². The van der Waals surface area contributed by atoms with Crippen LogP contribution in [0.4, 0.5) is 0 Å². The zero-order valence-corrected chi connectivity index (χ0v) is 15.5. The molecule has 0 bridgehead atoms. The van der Waals surface area contributed by atoms with Crippen LogP contribution in [0.2, 0.25) is 0 Å². The third-order valence-electron chi connectivity index (χ3n) is 4.88. The Kier molecular flexibility index (Phi) is 4.51. The number of rotatable bonds is 4. The van der Waals surface area contributed by atoms with Crippen LogP contribution < -0.4 is 4.74 Å². The highest BCUT2D eigenvalue weighted by Gasteiger charge is 2.18. The molecule has 0 spiro atoms. The average Bonchev–Trinajstić information content (AvgIpc) is 2.72. The van der Waals surface area contributed by atoms with Gasteiger partial charge in [-0.3, -0.25) is 4.79 Å². The molecule has 0 aromatic heterocycles. The topological polar surface area (TPSA) is 29.5 Å². The molecular formula is C24H21NO2. The van der Waals surface area contributed by atoms with E-state index in [-0.39, 0.29) is 5.91 Å². The highest BCUT2D eigenvalue weighted by molar-refractivity contribution is 6.01. The smallest absolute Gasteiger partial charge is 0.257 e. The minimum Gasteiger partial charge on any atom is -0.496 e. The first-order valence-corrected chi connectivity index (χ1v) is 8.95. The fraction of sp³-hybridized carbons (Fsp3) is 0.125. The Morgan fingerprint density at radius 3 is 2.07 bits per heavy atom. The quantitative estimate of drug-likeness (QED) is 0.499. The molecule has 0 radical (unpaired) electrons. The number of carbonyl (C=O) groups excluding carboxylic acids is 1. The number of carbonyl (C=O) groups is 1. The molecule has 0 aliphatic rings. The zero-order chi connectivity index (χ0) is 18.8. The molecule has 0 unspecified atom stereocenters. The molecule has 0 atom stereocenters. The average molecular weight is 355 g/mol. The maximum absolute atomic E-state index is 13.1. The van der Waals surface area contributed by atoms with E-state index in [2.05, 4.69) is 30.3 Å². The SMILES string of the molecule is COc1cc2ccccc2cc1C(=O)N(C)Cc1ccc2ccccc2c1. The van der Waals surface area contributed by atoms with Crippen molar-refractivity contribution in [2.45, 2.75) is 6.54 Å². The van der Waals surface area contributed by atoms with Gasteiger partial charge in [0.1, 0.15) is 5.75 Å². The molecule has 27 heavy (non-hydrogen) atoms. The summed E-state index contributed by atoms with van der Waals surface area (Å²) in [5, 5.41) is 4.47. The number of hydrogen-bond donors (Lipinski definition) is 0. The van der Waals surface area contributed by atoms with Crippen LogP contribution in [0.25, 0.3) is 21.5 Å². The second-order valence-electron chi connectivity index (χ2n) is 6.74. The lowest BCUT2D eigenvalue weighted by atomic mass is 10.0. The van der Waals surface area contributed by atoms with E-state index in [1.165, 1.54) is 10.8 Å². The predicted molar refractivity (Wildman–Crippen MR) is 110 cm³/mol. The highest BCUT2D eigenvalue weighted by atomic mass is 16.5. The van der Waals surface area contributed by atoms with Crippen LogP contribution in [0.15, 0.2) is 78.9 Å². The third-order valence-corrected chi connectivity index (χ3v) is 4.88. The lowest BCUT2D eigenvalue weighted by Gasteiger charge is -2.19. The van der Waals surface area contributed by atoms with Gasteiger partial charge in [0.05, 0.1) is 12.7 Å². The Bertz CT molecular complexity index is 1130. The molecule has 1 amide bonds. The summed E-state index contributed by atoms with van der Waals surface area (Å²) in [5.41, 5.74) is 1.68. The van der Waals surface area contributed by atoms with E-state index in [0.29, 0.717) is 17.9 Å². The molecule has 4 rings (SSSR count). The fourth-order valence-corrected chi connectivity index (χ4v) is 3.44. The molecule has 0 fully saturated rings. The second-order valence-corrected chi connectivity index (χ2v) is 6.74. The lowest BCUT2D eigenvalue weighted by molar-refractivity contribution is 0.0782. The monoisotopic (exact) mass is 355 g/mol. The van der Waals surface area contributed by atoms with Crippen molar-refractivity contribution in [3.63, 3.8) is 0 Å². The molecule has 0 N–H and O–H groups in total. The van der Waals surface area contributed by atoms with Gasteiger partial charge in [-0.2, -0.15) is 0 Å². The first-order chi connectivity index (χ1) is 13.2. The van der Waals surface area contributed by atoms with E-state index >= 15 is 0 Å². The summed E-state index contributed by atoms with van der Waals surface area (Å²) >= 11 is 0. The van der Waals surface area contributed by atoms with Gasteiger partial charge < -0.3 is 9.64 Å². The summed E-state index contributed by atoms with van der Waals surface area (Å²) in [6.07, 6.45) is 0. The summed E-state index contributed by atoms with van der Waals surface area (Å²) in [6.45, 7) is 0.541. The van der Waals surface area contributed by atoms with Crippen molar-refractivity contribution in [3.8, 4) is 5.75 Å². The van der Waals surface area contributed by atoms with Gasteiger partial charge in [0, 0.05) is 13.6 Å². The Morgan fingerprint density at radius 2 is 1.41 bits per heavy atom. The van der Waals surface area contributed by atoms with E-state index in [9.17, 15) is 4.79 Å². The van der Waals surface area contributed by atoms with Crippen molar-refractivity contribution in [3.05, 3.63) is 90.0 Å². The zero-order valence-electron chi connectivity index (χ0n) is 15.5. The number of benzene rings is 4. The van der Waals surface area contributed by atoms with Gasteiger partial charge in [-0.25, -0.2) is 0 Å². The van der Waals surface area contributed by atoms with Crippen molar-refractivity contribution in [2.75, 3.05) is 14.2 Å². The molecule has 0 saturated carbocycles. The Hall–Kier alpha value is -3.33. The summed E-state index contributed by atoms with van der Waals surface area (Å²) in [4.78, 5) is 14.8. The number of ether oxygens (including phenoxy) is 1. The minimum absolute atomic E-state index is 0.0502. The first-order valence-electron chi connectivity index (χ1n) is 8.95. The van der Waals surface area contributed by atoms with Crippen molar-refractivity contribution < 1.29 is 9.53 Å². The Balaban J connectivity index is 1.64. The van der Waals surface area contributed by atoms with Crippen molar-refractivity contribution in [1.82, 2.24) is 4.90 Å². The Labute approximate surface area is 158 Å². The normalized spacial score (nSPS) is 10.9. The standard InChI is InChI=1S/C24H21NO2/c1-25(16-17-11-12-18-7-3-4-8-19(18)13-17)24(26)22-14-20-9-5-6-10-21(20)15-23(22)27-2/h3-15H,16H2,1-2H3. The van der Waals surface area contributed by atoms with Crippen LogP contribution in [0.3, 0.4) is 0 Å². The van der Waals surface area contributed by atoms with Gasteiger partial charge in [0.25, 0.3) is 5.91 Å². The largest absolute Gasteiger partial charge is 0.496 e. The van der Waals surface area contributed by atoms with Gasteiger partial charge in [0.2, 0.25) is 0 Å². The van der Waals surface area contributed by atoms with Gasteiger partial charge in [-0.15, -0.1) is 0 Å². The summed E-state index contributed by atoms with van der Waals surface area (Å²) < 4.78 is 5.49. The van der Waals surface area contributed by atoms with Crippen LogP contribution in [0.1, 0.15) is 15.9 Å². The van der Waals surface area contributed by atoms with Gasteiger partial charge in [-0.1, -0.05) is 60.7 Å². The number of hydrogen-bond acceptors (Lipinski definition) is 2. The van der Waals surface area contributed by atoms with Gasteiger partial charge >= 0.3 is 0 Å². The number of nitrogens with zero attached hydrogens (tertiary/aromatic N) is 1. The van der Waals surface area contributed by atoms with Crippen molar-refractivity contribution in [1.29, 1.82) is 0 Å². The molecule has 0 aliphatic heterocycles. The van der Waals surface area contributed by atoms with Crippen LogP contribution in [0.5, 0.6) is 5.75 Å². The molecule has 0 saturated heterocycles. The number of amides is 1. The van der Waals surface area contributed by atoms with Crippen LogP contribution >= 0.6 is 0 Å². The van der Waals surface area contributed by atoms with Crippen molar-refractivity contribution >= 4 is 27.5 Å². The first kappa shape index (κ1) is 17.1. The predicted octanol–water partition coefficient (Wildman–Crippen LogP) is 5.27. The van der Waals surface area contributed by atoms with Crippen LogP contribution in [-0.2, 0) is 6.54 Å². The molecule has 4 aromatic carbocycles. The van der Waals surface area contributed by atoms with Gasteiger partial charge in [0.15, 0.2) is 0 Å². The third kappa shape index (κ3) is 3.36. The lowest BCUT2D eigenvalue weighted by Crippen LogP contribution is -2.26. The molecule has 3 heteroatoms. The molecule has 4 aromatic rings. The number of fused-ring (bicyclic) bond motifs is 2. The molecule has 0 aliphatic carbocycles. The van der Waals surface area contributed by atoms with E-state index in [0.717, 1.165) is 16.3 Å². The van der Waals surface area contributed by atoms with E-state index in [1.54, 1.807) is 12.0 Å². The summed E-state index contributed by atoms with van der Waals surface area (Å²) in [7, 11) is 3.43. The maximum Gasteiger partial charge on any atom is 0.257 e. The Morgan fingerprint density at radius 1 is 0.815 bits per heavy atom. The molecular weight excluding hydrogens is 334 g/mol. The summed E-state index contributed by atoms with van der Waals surface area (Å²) in [5.74, 6) is 0.551. The number of methoxy groups -OCH3 is 1. The summed E-state index contributed by atoms with van der Waals surface area (Å²) in [6, 6.07) is 26.4.